The average molecular weight is 394 g/mol. The highest BCUT2D eigenvalue weighted by atomic mass is 16.5. The number of aryl methyl sites for hydroxylation is 2. The molecule has 0 aliphatic rings. The van der Waals surface area contributed by atoms with Crippen LogP contribution >= 0.6 is 0 Å². The first kappa shape index (κ1) is 20.5. The summed E-state index contributed by atoms with van der Waals surface area (Å²) in [6, 6.07) is 15.5. The molecule has 2 amide bonds. The van der Waals surface area contributed by atoms with E-state index in [1.807, 2.05) is 60.0 Å². The predicted molar refractivity (Wildman–Crippen MR) is 113 cm³/mol. The minimum Gasteiger partial charge on any atom is -0.375 e. The molecular formula is C22H26N4O3. The lowest BCUT2D eigenvalue weighted by atomic mass is 10.2. The molecule has 7 heteroatoms. The van der Waals surface area contributed by atoms with Crippen molar-refractivity contribution in [2.24, 2.45) is 0 Å². The number of anilines is 1. The van der Waals surface area contributed by atoms with Gasteiger partial charge < -0.3 is 19.9 Å². The number of methoxy groups -OCH3 is 1. The Morgan fingerprint density at radius 3 is 2.72 bits per heavy atom. The van der Waals surface area contributed by atoms with Crippen LogP contribution in [0.15, 0.2) is 48.5 Å². The van der Waals surface area contributed by atoms with Gasteiger partial charge in [0.1, 0.15) is 19.0 Å². The number of carbonyl (C=O) groups is 2. The second-order valence-corrected chi connectivity index (χ2v) is 6.91. The van der Waals surface area contributed by atoms with E-state index in [9.17, 15) is 9.59 Å². The fourth-order valence-electron chi connectivity index (χ4n) is 3.22. The molecule has 0 fully saturated rings. The molecule has 0 spiro atoms. The van der Waals surface area contributed by atoms with Crippen molar-refractivity contribution in [1.82, 2.24) is 14.9 Å². The maximum absolute atomic E-state index is 12.6. The van der Waals surface area contributed by atoms with Gasteiger partial charge in [0, 0.05) is 25.8 Å². The maximum atomic E-state index is 12.6. The number of imidazole rings is 1. The van der Waals surface area contributed by atoms with Gasteiger partial charge in [0.25, 0.3) is 0 Å². The normalized spacial score (nSPS) is 10.8. The number of benzene rings is 2. The first-order chi connectivity index (χ1) is 14.1. The first-order valence-corrected chi connectivity index (χ1v) is 9.63. The van der Waals surface area contributed by atoms with Crippen LogP contribution < -0.4 is 10.6 Å². The maximum Gasteiger partial charge on any atom is 0.245 e. The molecule has 7 nitrogen and oxygen atoms in total. The summed E-state index contributed by atoms with van der Waals surface area (Å²) in [6.45, 7) is 2.75. The van der Waals surface area contributed by atoms with Crippen molar-refractivity contribution < 1.29 is 14.3 Å². The summed E-state index contributed by atoms with van der Waals surface area (Å²) in [5, 5.41) is 5.76. The summed E-state index contributed by atoms with van der Waals surface area (Å²) < 4.78 is 6.75. The second-order valence-electron chi connectivity index (χ2n) is 6.91. The summed E-state index contributed by atoms with van der Waals surface area (Å²) in [4.78, 5) is 28.8. The number of aromatic nitrogens is 2. The zero-order valence-corrected chi connectivity index (χ0v) is 16.8. The zero-order valence-electron chi connectivity index (χ0n) is 16.8. The van der Waals surface area contributed by atoms with Crippen LogP contribution in [-0.2, 0) is 27.3 Å². The molecule has 1 heterocycles. The van der Waals surface area contributed by atoms with E-state index in [2.05, 4.69) is 15.6 Å². The van der Waals surface area contributed by atoms with E-state index in [-0.39, 0.29) is 25.0 Å². The number of fused-ring (bicyclic) bond motifs is 1. The average Bonchev–Trinajstić information content (AvgIpc) is 3.03. The van der Waals surface area contributed by atoms with Gasteiger partial charge in [0.2, 0.25) is 11.8 Å². The number of nitrogens with zero attached hydrogens (tertiary/aromatic N) is 2. The summed E-state index contributed by atoms with van der Waals surface area (Å²) >= 11 is 0. The zero-order chi connectivity index (χ0) is 20.6. The van der Waals surface area contributed by atoms with Crippen molar-refractivity contribution in [2.45, 2.75) is 26.3 Å². The molecular weight excluding hydrogens is 368 g/mol. The molecule has 0 atom stereocenters. The number of rotatable bonds is 9. The Balaban J connectivity index is 1.69. The van der Waals surface area contributed by atoms with Crippen molar-refractivity contribution >= 4 is 28.5 Å². The number of para-hydroxylation sites is 2. The first-order valence-electron chi connectivity index (χ1n) is 9.63. The molecule has 29 heavy (non-hydrogen) atoms. The summed E-state index contributed by atoms with van der Waals surface area (Å²) in [5.74, 6) is 0.582. The van der Waals surface area contributed by atoms with E-state index in [1.165, 1.54) is 7.11 Å². The monoisotopic (exact) mass is 394 g/mol. The smallest absolute Gasteiger partial charge is 0.245 e. The van der Waals surface area contributed by atoms with E-state index in [1.54, 1.807) is 0 Å². The van der Waals surface area contributed by atoms with Crippen molar-refractivity contribution in [3.63, 3.8) is 0 Å². The Morgan fingerprint density at radius 1 is 1.10 bits per heavy atom. The third-order valence-corrected chi connectivity index (χ3v) is 4.51. The highest BCUT2D eigenvalue weighted by Gasteiger charge is 2.14. The van der Waals surface area contributed by atoms with Gasteiger partial charge in [0.05, 0.1) is 11.0 Å². The minimum absolute atomic E-state index is 0.0532. The Labute approximate surface area is 170 Å². The van der Waals surface area contributed by atoms with Gasteiger partial charge in [0.15, 0.2) is 0 Å². The Morgan fingerprint density at radius 2 is 1.93 bits per heavy atom. The molecule has 0 bridgehead atoms. The van der Waals surface area contributed by atoms with Crippen molar-refractivity contribution in [3.8, 4) is 0 Å². The molecule has 152 valence electrons. The number of ether oxygens (including phenoxy) is 1. The van der Waals surface area contributed by atoms with Gasteiger partial charge in [-0.2, -0.15) is 0 Å². The Kier molecular flexibility index (Phi) is 6.97. The lowest BCUT2D eigenvalue weighted by Crippen LogP contribution is -2.28. The largest absolute Gasteiger partial charge is 0.375 e. The molecule has 0 saturated carbocycles. The second kappa shape index (κ2) is 9.84. The van der Waals surface area contributed by atoms with Crippen LogP contribution in [0.5, 0.6) is 0 Å². The van der Waals surface area contributed by atoms with Crippen molar-refractivity contribution in [2.75, 3.05) is 25.6 Å². The number of nitrogens with one attached hydrogen (secondary N) is 2. The van der Waals surface area contributed by atoms with Crippen molar-refractivity contribution in [3.05, 3.63) is 59.9 Å². The van der Waals surface area contributed by atoms with Gasteiger partial charge in [-0.25, -0.2) is 4.98 Å². The van der Waals surface area contributed by atoms with Gasteiger partial charge in [-0.05, 0) is 43.2 Å². The van der Waals surface area contributed by atoms with E-state index >= 15 is 0 Å². The minimum atomic E-state index is -0.140. The summed E-state index contributed by atoms with van der Waals surface area (Å²) in [7, 11) is 1.49. The van der Waals surface area contributed by atoms with Crippen molar-refractivity contribution in [1.29, 1.82) is 0 Å². The SMILES string of the molecule is COCC(=O)NCCCc1nc2ccccc2n1CC(=O)Nc1cccc(C)c1. The molecule has 0 aliphatic carbocycles. The highest BCUT2D eigenvalue weighted by Crippen LogP contribution is 2.18. The molecule has 2 aromatic carbocycles. The van der Waals surface area contributed by atoms with E-state index < -0.39 is 0 Å². The molecule has 0 saturated heterocycles. The molecule has 0 unspecified atom stereocenters. The molecule has 0 radical (unpaired) electrons. The standard InChI is InChI=1S/C22H26N4O3/c1-16-7-5-8-17(13-16)24-21(27)14-26-19-10-4-3-9-18(19)25-20(26)11-6-12-23-22(28)15-29-2/h3-5,7-10,13H,6,11-12,14-15H2,1-2H3,(H,23,28)(H,24,27). The van der Waals surface area contributed by atoms with Gasteiger partial charge in [-0.15, -0.1) is 0 Å². The number of amides is 2. The van der Waals surface area contributed by atoms with Gasteiger partial charge in [-0.3, -0.25) is 9.59 Å². The lowest BCUT2D eigenvalue weighted by Gasteiger charge is -2.11. The van der Waals surface area contributed by atoms with Crippen LogP contribution in [0, 0.1) is 6.92 Å². The third-order valence-electron chi connectivity index (χ3n) is 4.51. The van der Waals surface area contributed by atoms with Crippen LogP contribution in [0.2, 0.25) is 0 Å². The fraction of sp³-hybridized carbons (Fsp3) is 0.318. The van der Waals surface area contributed by atoms with Crippen LogP contribution in [0.25, 0.3) is 11.0 Å². The molecule has 1 aromatic heterocycles. The quantitative estimate of drug-likeness (QED) is 0.547. The highest BCUT2D eigenvalue weighted by molar-refractivity contribution is 5.91. The fourth-order valence-corrected chi connectivity index (χ4v) is 3.22. The summed E-state index contributed by atoms with van der Waals surface area (Å²) in [5.41, 5.74) is 3.65. The number of carbonyl (C=O) groups excluding carboxylic acids is 2. The molecule has 3 aromatic rings. The predicted octanol–water partition coefficient (Wildman–Crippen LogP) is 2.68. The third kappa shape index (κ3) is 5.65. The molecule has 2 N–H and O–H groups in total. The van der Waals surface area contributed by atoms with Crippen LogP contribution in [0.3, 0.4) is 0 Å². The van der Waals surface area contributed by atoms with Crippen LogP contribution in [0.4, 0.5) is 5.69 Å². The number of hydrogen-bond acceptors (Lipinski definition) is 4. The van der Waals surface area contributed by atoms with Gasteiger partial charge >= 0.3 is 0 Å². The van der Waals surface area contributed by atoms with Crippen LogP contribution in [0.1, 0.15) is 17.8 Å². The van der Waals surface area contributed by atoms with Gasteiger partial charge in [-0.1, -0.05) is 24.3 Å². The Hall–Kier alpha value is -3.19. The summed E-state index contributed by atoms with van der Waals surface area (Å²) in [6.07, 6.45) is 1.37. The van der Waals surface area contributed by atoms with E-state index in [4.69, 9.17) is 4.74 Å². The topological polar surface area (TPSA) is 85.2 Å². The van der Waals surface area contributed by atoms with Crippen LogP contribution in [-0.4, -0.2) is 41.6 Å². The Bertz CT molecular complexity index is 997. The number of hydrogen-bond donors (Lipinski definition) is 2. The van der Waals surface area contributed by atoms with E-state index in [0.717, 1.165) is 34.5 Å². The lowest BCUT2D eigenvalue weighted by molar-refractivity contribution is -0.124. The molecule has 3 rings (SSSR count). The molecule has 0 aliphatic heterocycles. The van der Waals surface area contributed by atoms with E-state index in [0.29, 0.717) is 13.0 Å².